The van der Waals surface area contributed by atoms with Crippen molar-refractivity contribution in [3.63, 3.8) is 0 Å². The second kappa shape index (κ2) is 7.84. The SMILES string of the molecule is CCCCc1ccc(NCC(C)(C)CCC#N)cc1. The predicted molar refractivity (Wildman–Crippen MR) is 82.2 cm³/mol. The number of nitriles is 1. The molecule has 0 aliphatic heterocycles. The summed E-state index contributed by atoms with van der Waals surface area (Å²) < 4.78 is 0. The zero-order valence-corrected chi connectivity index (χ0v) is 12.5. The van der Waals surface area contributed by atoms with Gasteiger partial charge in [0, 0.05) is 18.7 Å². The maximum Gasteiger partial charge on any atom is 0.0621 e. The van der Waals surface area contributed by atoms with Gasteiger partial charge in [0.05, 0.1) is 6.07 Å². The van der Waals surface area contributed by atoms with Gasteiger partial charge in [-0.15, -0.1) is 0 Å². The van der Waals surface area contributed by atoms with Gasteiger partial charge in [0.1, 0.15) is 0 Å². The molecule has 2 nitrogen and oxygen atoms in total. The van der Waals surface area contributed by atoms with Crippen LogP contribution in [-0.4, -0.2) is 6.54 Å². The van der Waals surface area contributed by atoms with Gasteiger partial charge < -0.3 is 5.32 Å². The number of unbranched alkanes of at least 4 members (excludes halogenated alkanes) is 1. The van der Waals surface area contributed by atoms with Crippen LogP contribution < -0.4 is 5.32 Å². The highest BCUT2D eigenvalue weighted by Crippen LogP contribution is 2.23. The van der Waals surface area contributed by atoms with Crippen molar-refractivity contribution in [2.45, 2.75) is 52.9 Å². The van der Waals surface area contributed by atoms with Crippen LogP contribution in [0.4, 0.5) is 5.69 Å². The van der Waals surface area contributed by atoms with Gasteiger partial charge in [-0.3, -0.25) is 0 Å². The number of hydrogen-bond acceptors (Lipinski definition) is 2. The Bertz CT molecular complexity index is 398. The molecule has 0 heterocycles. The first-order valence-electron chi connectivity index (χ1n) is 7.27. The maximum absolute atomic E-state index is 8.65. The Morgan fingerprint density at radius 2 is 1.89 bits per heavy atom. The largest absolute Gasteiger partial charge is 0.385 e. The van der Waals surface area contributed by atoms with Crippen molar-refractivity contribution in [3.05, 3.63) is 29.8 Å². The average molecular weight is 258 g/mol. The molecule has 0 amide bonds. The number of aryl methyl sites for hydroxylation is 1. The average Bonchev–Trinajstić information content (AvgIpc) is 2.42. The molecular weight excluding hydrogens is 232 g/mol. The van der Waals surface area contributed by atoms with E-state index >= 15 is 0 Å². The van der Waals surface area contributed by atoms with E-state index in [1.165, 1.54) is 30.5 Å². The van der Waals surface area contributed by atoms with Crippen LogP contribution in [0.15, 0.2) is 24.3 Å². The van der Waals surface area contributed by atoms with Crippen molar-refractivity contribution < 1.29 is 0 Å². The van der Waals surface area contributed by atoms with Crippen LogP contribution in [0, 0.1) is 16.7 Å². The standard InChI is InChI=1S/C17H26N2/c1-4-5-7-15-8-10-16(11-9-15)19-14-17(2,3)12-6-13-18/h8-11,19H,4-7,12,14H2,1-3H3. The molecule has 0 unspecified atom stereocenters. The summed E-state index contributed by atoms with van der Waals surface area (Å²) >= 11 is 0. The summed E-state index contributed by atoms with van der Waals surface area (Å²) in [4.78, 5) is 0. The molecular formula is C17H26N2. The van der Waals surface area contributed by atoms with Crippen LogP contribution in [0.1, 0.15) is 52.0 Å². The van der Waals surface area contributed by atoms with E-state index in [2.05, 4.69) is 56.4 Å². The molecule has 0 fully saturated rings. The number of hydrogen-bond donors (Lipinski definition) is 1. The van der Waals surface area contributed by atoms with Crippen molar-refractivity contribution in [2.75, 3.05) is 11.9 Å². The molecule has 0 aromatic heterocycles. The van der Waals surface area contributed by atoms with Gasteiger partial charge in [0.25, 0.3) is 0 Å². The molecule has 0 saturated carbocycles. The first kappa shape index (κ1) is 15.6. The molecule has 0 bridgehead atoms. The quantitative estimate of drug-likeness (QED) is 0.729. The van der Waals surface area contributed by atoms with Crippen LogP contribution in [0.3, 0.4) is 0 Å². The molecule has 0 spiro atoms. The highest BCUT2D eigenvalue weighted by Gasteiger charge is 2.16. The van der Waals surface area contributed by atoms with Gasteiger partial charge in [0.15, 0.2) is 0 Å². The van der Waals surface area contributed by atoms with E-state index in [0.717, 1.165) is 13.0 Å². The molecule has 1 N–H and O–H groups in total. The van der Waals surface area contributed by atoms with Crippen molar-refractivity contribution in [1.82, 2.24) is 0 Å². The van der Waals surface area contributed by atoms with E-state index in [4.69, 9.17) is 5.26 Å². The summed E-state index contributed by atoms with van der Waals surface area (Å²) in [6.07, 6.45) is 5.24. The van der Waals surface area contributed by atoms with Crippen LogP contribution in [0.25, 0.3) is 0 Å². The molecule has 1 rings (SSSR count). The third kappa shape index (κ3) is 6.29. The lowest BCUT2D eigenvalue weighted by Crippen LogP contribution is -2.22. The van der Waals surface area contributed by atoms with Crippen molar-refractivity contribution in [1.29, 1.82) is 5.26 Å². The normalized spacial score (nSPS) is 11.1. The molecule has 0 atom stereocenters. The minimum Gasteiger partial charge on any atom is -0.385 e. The molecule has 0 aliphatic carbocycles. The molecule has 2 heteroatoms. The third-order valence-electron chi connectivity index (χ3n) is 3.46. The van der Waals surface area contributed by atoms with Gasteiger partial charge >= 0.3 is 0 Å². The number of anilines is 1. The Morgan fingerprint density at radius 3 is 2.47 bits per heavy atom. The Balaban J connectivity index is 2.43. The number of rotatable bonds is 8. The summed E-state index contributed by atoms with van der Waals surface area (Å²) in [5, 5.41) is 12.1. The second-order valence-corrected chi connectivity index (χ2v) is 5.98. The van der Waals surface area contributed by atoms with Gasteiger partial charge in [-0.2, -0.15) is 5.26 Å². The van der Waals surface area contributed by atoms with Crippen molar-refractivity contribution in [2.24, 2.45) is 5.41 Å². The third-order valence-corrected chi connectivity index (χ3v) is 3.46. The monoisotopic (exact) mass is 258 g/mol. The fraction of sp³-hybridized carbons (Fsp3) is 0.588. The lowest BCUT2D eigenvalue weighted by Gasteiger charge is -2.24. The summed E-state index contributed by atoms with van der Waals surface area (Å²) in [6, 6.07) is 11.0. The van der Waals surface area contributed by atoms with Crippen molar-refractivity contribution in [3.8, 4) is 6.07 Å². The minimum atomic E-state index is 0.163. The zero-order chi connectivity index (χ0) is 14.1. The molecule has 19 heavy (non-hydrogen) atoms. The lowest BCUT2D eigenvalue weighted by molar-refractivity contribution is 0.364. The molecule has 0 radical (unpaired) electrons. The Morgan fingerprint density at radius 1 is 1.21 bits per heavy atom. The van der Waals surface area contributed by atoms with E-state index in [1.807, 2.05) is 0 Å². The number of nitrogens with zero attached hydrogens (tertiary/aromatic N) is 1. The highest BCUT2D eigenvalue weighted by atomic mass is 14.9. The van der Waals surface area contributed by atoms with E-state index < -0.39 is 0 Å². The molecule has 1 aromatic rings. The number of benzene rings is 1. The number of nitrogens with one attached hydrogen (secondary N) is 1. The summed E-state index contributed by atoms with van der Waals surface area (Å²) in [5.41, 5.74) is 2.75. The van der Waals surface area contributed by atoms with Gasteiger partial charge in [-0.05, 0) is 42.4 Å². The Kier molecular flexibility index (Phi) is 6.42. The minimum absolute atomic E-state index is 0.163. The first-order valence-corrected chi connectivity index (χ1v) is 7.27. The Labute approximate surface area is 117 Å². The molecule has 0 saturated heterocycles. The summed E-state index contributed by atoms with van der Waals surface area (Å²) in [6.45, 7) is 7.53. The fourth-order valence-corrected chi connectivity index (χ4v) is 1.99. The van der Waals surface area contributed by atoms with E-state index in [9.17, 15) is 0 Å². The first-order chi connectivity index (χ1) is 9.07. The van der Waals surface area contributed by atoms with Crippen LogP contribution in [0.5, 0.6) is 0 Å². The fourth-order valence-electron chi connectivity index (χ4n) is 1.99. The van der Waals surface area contributed by atoms with Crippen LogP contribution >= 0.6 is 0 Å². The lowest BCUT2D eigenvalue weighted by atomic mass is 9.88. The topological polar surface area (TPSA) is 35.8 Å². The van der Waals surface area contributed by atoms with E-state index in [1.54, 1.807) is 0 Å². The highest BCUT2D eigenvalue weighted by molar-refractivity contribution is 5.44. The zero-order valence-electron chi connectivity index (χ0n) is 12.5. The maximum atomic E-state index is 8.65. The van der Waals surface area contributed by atoms with Crippen molar-refractivity contribution >= 4 is 5.69 Å². The van der Waals surface area contributed by atoms with Gasteiger partial charge in [0.2, 0.25) is 0 Å². The van der Waals surface area contributed by atoms with Crippen LogP contribution in [-0.2, 0) is 6.42 Å². The Hall–Kier alpha value is -1.49. The van der Waals surface area contributed by atoms with Gasteiger partial charge in [-0.25, -0.2) is 0 Å². The predicted octanol–water partition coefficient (Wildman–Crippen LogP) is 4.77. The van der Waals surface area contributed by atoms with Gasteiger partial charge in [-0.1, -0.05) is 39.3 Å². The van der Waals surface area contributed by atoms with Crippen LogP contribution in [0.2, 0.25) is 0 Å². The van der Waals surface area contributed by atoms with E-state index in [-0.39, 0.29) is 5.41 Å². The summed E-state index contributed by atoms with van der Waals surface area (Å²) in [7, 11) is 0. The second-order valence-electron chi connectivity index (χ2n) is 5.98. The molecule has 0 aliphatic rings. The summed E-state index contributed by atoms with van der Waals surface area (Å²) in [5.74, 6) is 0. The molecule has 1 aromatic carbocycles. The molecule has 104 valence electrons. The smallest absolute Gasteiger partial charge is 0.0621 e. The van der Waals surface area contributed by atoms with E-state index in [0.29, 0.717) is 6.42 Å².